The minimum atomic E-state index is -3.49. The van der Waals surface area contributed by atoms with Crippen LogP contribution in [0, 0.1) is 13.8 Å². The summed E-state index contributed by atoms with van der Waals surface area (Å²) in [6.45, 7) is 9.66. The van der Waals surface area contributed by atoms with E-state index in [0.29, 0.717) is 18.8 Å². The van der Waals surface area contributed by atoms with Gasteiger partial charge in [-0.2, -0.15) is 4.31 Å². The maximum absolute atomic E-state index is 12.8. The van der Waals surface area contributed by atoms with Crippen LogP contribution >= 0.6 is 0 Å². The van der Waals surface area contributed by atoms with Crippen molar-refractivity contribution in [3.05, 3.63) is 23.3 Å². The third-order valence-electron chi connectivity index (χ3n) is 4.12. The van der Waals surface area contributed by atoms with E-state index in [-0.39, 0.29) is 4.90 Å². The maximum Gasteiger partial charge on any atom is 0.245 e. The molecule has 0 radical (unpaired) electrons. The first kappa shape index (κ1) is 16.3. The monoisotopic (exact) mass is 311 g/mol. The number of hydrogen-bond acceptors (Lipinski definition) is 4. The van der Waals surface area contributed by atoms with Gasteiger partial charge < -0.3 is 10.6 Å². The Bertz CT molecular complexity index is 606. The summed E-state index contributed by atoms with van der Waals surface area (Å²) < 4.78 is 27.1. The summed E-state index contributed by atoms with van der Waals surface area (Å²) in [6, 6.07) is 3.44. The molecule has 0 atom stereocenters. The van der Waals surface area contributed by atoms with Gasteiger partial charge in [0.15, 0.2) is 0 Å². The summed E-state index contributed by atoms with van der Waals surface area (Å²) in [7, 11) is -3.49. The topological polar surface area (TPSA) is 66.6 Å². The van der Waals surface area contributed by atoms with E-state index in [2.05, 4.69) is 11.8 Å². The maximum atomic E-state index is 12.8. The second kappa shape index (κ2) is 6.34. The average molecular weight is 311 g/mol. The lowest BCUT2D eigenvalue weighted by Crippen LogP contribution is -2.48. The number of aryl methyl sites for hydroxylation is 2. The molecule has 1 fully saturated rings. The van der Waals surface area contributed by atoms with Gasteiger partial charge in [0, 0.05) is 26.2 Å². The minimum absolute atomic E-state index is 0.245. The Morgan fingerprint density at radius 2 is 1.67 bits per heavy atom. The molecule has 0 aliphatic carbocycles. The second-order valence-corrected chi connectivity index (χ2v) is 7.63. The molecular weight excluding hydrogens is 286 g/mol. The zero-order valence-corrected chi connectivity index (χ0v) is 13.9. The highest BCUT2D eigenvalue weighted by atomic mass is 32.2. The van der Waals surface area contributed by atoms with Gasteiger partial charge in [0.1, 0.15) is 4.90 Å². The van der Waals surface area contributed by atoms with E-state index in [1.54, 1.807) is 16.4 Å². The number of rotatable bonds is 4. The van der Waals surface area contributed by atoms with Crippen molar-refractivity contribution in [3.8, 4) is 0 Å². The van der Waals surface area contributed by atoms with Crippen LogP contribution in [-0.2, 0) is 10.0 Å². The number of nitrogen functional groups attached to an aromatic ring is 1. The fourth-order valence-corrected chi connectivity index (χ4v) is 4.29. The van der Waals surface area contributed by atoms with Crippen molar-refractivity contribution >= 4 is 15.7 Å². The van der Waals surface area contributed by atoms with Gasteiger partial charge in [0.05, 0.1) is 5.69 Å². The Labute approximate surface area is 127 Å². The summed E-state index contributed by atoms with van der Waals surface area (Å²) in [6.07, 6.45) is 1.09. The van der Waals surface area contributed by atoms with Gasteiger partial charge in [0.25, 0.3) is 0 Å². The first-order valence-corrected chi connectivity index (χ1v) is 8.89. The molecule has 2 N–H and O–H groups in total. The molecule has 118 valence electrons. The highest BCUT2D eigenvalue weighted by molar-refractivity contribution is 7.89. The van der Waals surface area contributed by atoms with Crippen LogP contribution < -0.4 is 5.73 Å². The molecule has 1 aromatic carbocycles. The second-order valence-electron chi connectivity index (χ2n) is 5.72. The summed E-state index contributed by atoms with van der Waals surface area (Å²) >= 11 is 0. The van der Waals surface area contributed by atoms with Crippen molar-refractivity contribution in [2.24, 2.45) is 0 Å². The molecule has 0 aromatic heterocycles. The predicted molar refractivity (Wildman–Crippen MR) is 85.8 cm³/mol. The number of benzene rings is 1. The van der Waals surface area contributed by atoms with E-state index < -0.39 is 10.0 Å². The van der Waals surface area contributed by atoms with Crippen LogP contribution in [0.25, 0.3) is 0 Å². The molecule has 21 heavy (non-hydrogen) atoms. The number of nitrogens with two attached hydrogens (primary N) is 1. The van der Waals surface area contributed by atoms with Crippen LogP contribution in [0.2, 0.25) is 0 Å². The lowest BCUT2D eigenvalue weighted by Gasteiger charge is -2.34. The molecule has 1 saturated heterocycles. The summed E-state index contributed by atoms with van der Waals surface area (Å²) in [5, 5.41) is 0. The molecule has 6 heteroatoms. The fourth-order valence-electron chi connectivity index (χ4n) is 2.68. The Morgan fingerprint density at radius 3 is 2.24 bits per heavy atom. The molecule has 1 aliphatic rings. The smallest absolute Gasteiger partial charge is 0.245 e. The van der Waals surface area contributed by atoms with Gasteiger partial charge >= 0.3 is 0 Å². The van der Waals surface area contributed by atoms with Gasteiger partial charge in [-0.3, -0.25) is 0 Å². The van der Waals surface area contributed by atoms with Crippen molar-refractivity contribution in [1.82, 2.24) is 9.21 Å². The Kier molecular flexibility index (Phi) is 4.91. The highest BCUT2D eigenvalue weighted by Gasteiger charge is 2.29. The number of piperazine rings is 1. The van der Waals surface area contributed by atoms with Crippen LogP contribution in [0.1, 0.15) is 24.5 Å². The van der Waals surface area contributed by atoms with Crippen molar-refractivity contribution in [3.63, 3.8) is 0 Å². The predicted octanol–water partition coefficient (Wildman–Crippen LogP) is 1.60. The summed E-state index contributed by atoms with van der Waals surface area (Å²) in [5.41, 5.74) is 8.25. The van der Waals surface area contributed by atoms with Crippen LogP contribution in [0.5, 0.6) is 0 Å². The van der Waals surface area contributed by atoms with E-state index in [9.17, 15) is 8.42 Å². The van der Waals surface area contributed by atoms with Crippen LogP contribution in [0.3, 0.4) is 0 Å². The van der Waals surface area contributed by atoms with Crippen LogP contribution in [0.4, 0.5) is 5.69 Å². The van der Waals surface area contributed by atoms with Crippen LogP contribution in [-0.4, -0.2) is 50.3 Å². The molecule has 1 aromatic rings. The summed E-state index contributed by atoms with van der Waals surface area (Å²) in [4.78, 5) is 2.55. The third-order valence-corrected chi connectivity index (χ3v) is 6.07. The summed E-state index contributed by atoms with van der Waals surface area (Å²) in [5.74, 6) is 0. The van der Waals surface area contributed by atoms with Crippen molar-refractivity contribution < 1.29 is 8.42 Å². The number of sulfonamides is 1. The molecule has 0 amide bonds. The Balaban J connectivity index is 2.22. The van der Waals surface area contributed by atoms with E-state index in [1.807, 2.05) is 13.8 Å². The molecule has 0 spiro atoms. The molecule has 0 bridgehead atoms. The average Bonchev–Trinajstić information content (AvgIpc) is 2.43. The molecule has 0 saturated carbocycles. The zero-order valence-electron chi connectivity index (χ0n) is 13.1. The SMILES string of the molecule is CCCN1CCN(S(=O)(=O)c2cc(C)c(C)cc2N)CC1. The molecule has 1 aliphatic heterocycles. The number of hydrogen-bond donors (Lipinski definition) is 1. The third kappa shape index (κ3) is 3.39. The molecule has 2 rings (SSSR count). The van der Waals surface area contributed by atoms with Crippen LogP contribution in [0.15, 0.2) is 17.0 Å². The van der Waals surface area contributed by atoms with Gasteiger partial charge in [-0.25, -0.2) is 8.42 Å². The highest BCUT2D eigenvalue weighted by Crippen LogP contribution is 2.26. The molecular formula is C15H25N3O2S. The van der Waals surface area contributed by atoms with Crippen molar-refractivity contribution in [2.45, 2.75) is 32.1 Å². The Morgan fingerprint density at radius 1 is 1.10 bits per heavy atom. The largest absolute Gasteiger partial charge is 0.398 e. The van der Waals surface area contributed by atoms with Gasteiger partial charge in [-0.15, -0.1) is 0 Å². The lowest BCUT2D eigenvalue weighted by molar-refractivity contribution is 0.189. The first-order chi connectivity index (χ1) is 9.86. The first-order valence-electron chi connectivity index (χ1n) is 7.45. The lowest BCUT2D eigenvalue weighted by atomic mass is 10.1. The Hall–Kier alpha value is -1.11. The minimum Gasteiger partial charge on any atom is -0.398 e. The van der Waals surface area contributed by atoms with Crippen molar-refractivity contribution in [2.75, 3.05) is 38.5 Å². The van der Waals surface area contributed by atoms with Gasteiger partial charge in [-0.1, -0.05) is 6.92 Å². The quantitative estimate of drug-likeness (QED) is 0.858. The van der Waals surface area contributed by atoms with Crippen molar-refractivity contribution in [1.29, 1.82) is 0 Å². The normalized spacial score (nSPS) is 18.0. The zero-order chi connectivity index (χ0) is 15.6. The molecule has 0 unspecified atom stereocenters. The molecule has 1 heterocycles. The number of anilines is 1. The van der Waals surface area contributed by atoms with E-state index in [4.69, 9.17) is 5.73 Å². The standard InChI is InChI=1S/C15H25N3O2S/c1-4-5-17-6-8-18(9-7-17)21(19,20)15-11-13(3)12(2)10-14(15)16/h10-11H,4-9,16H2,1-3H3. The number of nitrogens with zero attached hydrogens (tertiary/aromatic N) is 2. The van der Waals surface area contributed by atoms with E-state index in [0.717, 1.165) is 37.2 Å². The van der Waals surface area contributed by atoms with Gasteiger partial charge in [-0.05, 0) is 50.1 Å². The van der Waals surface area contributed by atoms with E-state index >= 15 is 0 Å². The van der Waals surface area contributed by atoms with E-state index in [1.165, 1.54) is 0 Å². The van der Waals surface area contributed by atoms with Gasteiger partial charge in [0.2, 0.25) is 10.0 Å². The molecule has 5 nitrogen and oxygen atoms in total. The fraction of sp³-hybridized carbons (Fsp3) is 0.600.